The van der Waals surface area contributed by atoms with Gasteiger partial charge in [0, 0.05) is 12.6 Å². The highest BCUT2D eigenvalue weighted by Crippen LogP contribution is 2.24. The van der Waals surface area contributed by atoms with Crippen LogP contribution in [0.25, 0.3) is 0 Å². The van der Waals surface area contributed by atoms with Gasteiger partial charge in [-0.3, -0.25) is 0 Å². The Labute approximate surface area is 71.5 Å². The Hall–Kier alpha value is -1.35. The fraction of sp³-hybridized carbons (Fsp3) is 0.222. The van der Waals surface area contributed by atoms with Gasteiger partial charge in [0.2, 0.25) is 0 Å². The summed E-state index contributed by atoms with van der Waals surface area (Å²) in [5.74, 6) is 5.65. The highest BCUT2D eigenvalue weighted by molar-refractivity contribution is 5.60. The van der Waals surface area contributed by atoms with E-state index in [0.717, 1.165) is 6.42 Å². The third-order valence-corrected chi connectivity index (χ3v) is 2.05. The van der Waals surface area contributed by atoms with Crippen molar-refractivity contribution >= 4 is 6.21 Å². The van der Waals surface area contributed by atoms with Crippen LogP contribution in [0.3, 0.4) is 0 Å². The summed E-state index contributed by atoms with van der Waals surface area (Å²) in [5.41, 5.74) is 1.22. The Balaban J connectivity index is 2.22. The zero-order chi connectivity index (χ0) is 8.39. The van der Waals surface area contributed by atoms with Gasteiger partial charge in [0.25, 0.3) is 0 Å². The summed E-state index contributed by atoms with van der Waals surface area (Å²) in [4.78, 5) is 0. The summed E-state index contributed by atoms with van der Waals surface area (Å²) in [6.07, 6.45) is 2.75. The summed E-state index contributed by atoms with van der Waals surface area (Å²) >= 11 is 0. The summed E-state index contributed by atoms with van der Waals surface area (Å²) in [5, 5.41) is 5.49. The minimum Gasteiger partial charge on any atom is -0.231 e. The minimum atomic E-state index is 0.228. The molecule has 0 spiro atoms. The molecular formula is C9H11N3. The van der Waals surface area contributed by atoms with Crippen LogP contribution in [0.1, 0.15) is 18.0 Å². The number of nitrogens with two attached hydrogens (primary N) is 1. The zero-order valence-corrected chi connectivity index (χ0v) is 6.72. The van der Waals surface area contributed by atoms with Crippen LogP contribution < -0.4 is 5.84 Å². The predicted octanol–water partition coefficient (Wildman–Crippen LogP) is 1.29. The fourth-order valence-electron chi connectivity index (χ4n) is 1.39. The number of hydrazine groups is 1. The smallest absolute Gasteiger partial charge is 0.0939 e. The Kier molecular flexibility index (Phi) is 1.80. The maximum atomic E-state index is 5.65. The molecule has 1 aliphatic heterocycles. The second-order valence-corrected chi connectivity index (χ2v) is 2.84. The van der Waals surface area contributed by atoms with Crippen molar-refractivity contribution in [1.82, 2.24) is 5.12 Å². The molecule has 0 saturated carbocycles. The molecule has 2 rings (SSSR count). The highest BCUT2D eigenvalue weighted by Gasteiger charge is 2.18. The van der Waals surface area contributed by atoms with Gasteiger partial charge in [-0.1, -0.05) is 30.3 Å². The van der Waals surface area contributed by atoms with Gasteiger partial charge in [0.15, 0.2) is 0 Å². The Morgan fingerprint density at radius 1 is 1.33 bits per heavy atom. The van der Waals surface area contributed by atoms with E-state index in [1.807, 2.05) is 24.4 Å². The third-order valence-electron chi connectivity index (χ3n) is 2.05. The van der Waals surface area contributed by atoms with Crippen molar-refractivity contribution in [3.63, 3.8) is 0 Å². The van der Waals surface area contributed by atoms with Gasteiger partial charge in [-0.2, -0.15) is 5.10 Å². The number of nitrogens with zero attached hydrogens (tertiary/aromatic N) is 2. The molecule has 1 atom stereocenters. The van der Waals surface area contributed by atoms with Gasteiger partial charge in [-0.05, 0) is 5.56 Å². The maximum absolute atomic E-state index is 5.65. The lowest BCUT2D eigenvalue weighted by Gasteiger charge is -2.17. The van der Waals surface area contributed by atoms with E-state index in [1.165, 1.54) is 10.7 Å². The molecule has 0 aromatic heterocycles. The lowest BCUT2D eigenvalue weighted by atomic mass is 10.1. The molecule has 0 fully saturated rings. The maximum Gasteiger partial charge on any atom is 0.0939 e. The first kappa shape index (κ1) is 7.31. The van der Waals surface area contributed by atoms with Gasteiger partial charge in [0.1, 0.15) is 0 Å². The van der Waals surface area contributed by atoms with Crippen molar-refractivity contribution in [3.05, 3.63) is 35.9 Å². The average Bonchev–Trinajstić information content (AvgIpc) is 2.53. The quantitative estimate of drug-likeness (QED) is 0.630. The van der Waals surface area contributed by atoms with Gasteiger partial charge >= 0.3 is 0 Å². The van der Waals surface area contributed by atoms with Crippen molar-refractivity contribution in [2.45, 2.75) is 12.5 Å². The normalized spacial score (nSPS) is 21.8. The van der Waals surface area contributed by atoms with E-state index in [9.17, 15) is 0 Å². The van der Waals surface area contributed by atoms with Crippen LogP contribution in [0.5, 0.6) is 0 Å². The molecule has 0 amide bonds. The van der Waals surface area contributed by atoms with Crippen LogP contribution in [0, 0.1) is 0 Å². The molecule has 0 aliphatic carbocycles. The number of benzene rings is 1. The van der Waals surface area contributed by atoms with Gasteiger partial charge < -0.3 is 0 Å². The Morgan fingerprint density at radius 3 is 2.67 bits per heavy atom. The second-order valence-electron chi connectivity index (χ2n) is 2.84. The van der Waals surface area contributed by atoms with Crippen molar-refractivity contribution in [1.29, 1.82) is 0 Å². The molecule has 12 heavy (non-hydrogen) atoms. The molecule has 2 N–H and O–H groups in total. The van der Waals surface area contributed by atoms with Crippen LogP contribution in [0.4, 0.5) is 0 Å². The van der Waals surface area contributed by atoms with E-state index in [1.54, 1.807) is 0 Å². The van der Waals surface area contributed by atoms with Crippen molar-refractivity contribution < 1.29 is 0 Å². The summed E-state index contributed by atoms with van der Waals surface area (Å²) in [7, 11) is 0. The summed E-state index contributed by atoms with van der Waals surface area (Å²) in [6, 6.07) is 10.4. The van der Waals surface area contributed by atoms with Gasteiger partial charge in [-0.25, -0.2) is 11.0 Å². The van der Waals surface area contributed by atoms with E-state index < -0.39 is 0 Å². The monoisotopic (exact) mass is 161 g/mol. The van der Waals surface area contributed by atoms with Crippen molar-refractivity contribution in [3.8, 4) is 0 Å². The lowest BCUT2D eigenvalue weighted by Crippen LogP contribution is -2.26. The molecule has 0 radical (unpaired) electrons. The van der Waals surface area contributed by atoms with E-state index in [2.05, 4.69) is 17.2 Å². The Morgan fingerprint density at radius 2 is 2.08 bits per heavy atom. The summed E-state index contributed by atoms with van der Waals surface area (Å²) in [6.45, 7) is 0. The van der Waals surface area contributed by atoms with Crippen molar-refractivity contribution in [2.75, 3.05) is 0 Å². The number of hydrazone groups is 1. The van der Waals surface area contributed by atoms with E-state index in [0.29, 0.717) is 0 Å². The van der Waals surface area contributed by atoms with Crippen LogP contribution >= 0.6 is 0 Å². The molecule has 1 heterocycles. The molecule has 1 aromatic rings. The van der Waals surface area contributed by atoms with E-state index >= 15 is 0 Å². The highest BCUT2D eigenvalue weighted by atomic mass is 15.6. The largest absolute Gasteiger partial charge is 0.231 e. The van der Waals surface area contributed by atoms with E-state index in [4.69, 9.17) is 5.84 Å². The molecule has 1 aromatic carbocycles. The van der Waals surface area contributed by atoms with Crippen molar-refractivity contribution in [2.24, 2.45) is 10.9 Å². The van der Waals surface area contributed by atoms with Crippen LogP contribution in [-0.2, 0) is 0 Å². The molecular weight excluding hydrogens is 150 g/mol. The molecule has 0 bridgehead atoms. The van der Waals surface area contributed by atoms with Gasteiger partial charge in [-0.15, -0.1) is 0 Å². The summed E-state index contributed by atoms with van der Waals surface area (Å²) < 4.78 is 0. The first-order valence-corrected chi connectivity index (χ1v) is 3.99. The molecule has 3 nitrogen and oxygen atoms in total. The average molecular weight is 161 g/mol. The molecule has 1 aliphatic rings. The fourth-order valence-corrected chi connectivity index (χ4v) is 1.39. The lowest BCUT2D eigenvalue weighted by molar-refractivity contribution is 0.241. The standard InChI is InChI=1S/C9H11N3/c10-12-9(6-7-11-12)8-4-2-1-3-5-8/h1-5,7,9H,6,10H2. The number of hydrogen-bond acceptors (Lipinski definition) is 3. The predicted molar refractivity (Wildman–Crippen MR) is 48.3 cm³/mol. The second kappa shape index (κ2) is 2.95. The number of hydrogen-bond donors (Lipinski definition) is 1. The third kappa shape index (κ3) is 1.19. The number of rotatable bonds is 1. The van der Waals surface area contributed by atoms with Gasteiger partial charge in [0.05, 0.1) is 6.04 Å². The van der Waals surface area contributed by atoms with Crippen LogP contribution in [0.15, 0.2) is 35.4 Å². The minimum absolute atomic E-state index is 0.228. The first-order valence-electron chi connectivity index (χ1n) is 3.99. The zero-order valence-electron chi connectivity index (χ0n) is 6.72. The SMILES string of the molecule is NN1N=CCC1c1ccccc1. The Bertz CT molecular complexity index is 281. The molecule has 3 heteroatoms. The molecule has 0 saturated heterocycles. The van der Waals surface area contributed by atoms with E-state index in [-0.39, 0.29) is 6.04 Å². The molecule has 1 unspecified atom stereocenters. The first-order chi connectivity index (χ1) is 5.88. The van der Waals surface area contributed by atoms with Crippen LogP contribution in [-0.4, -0.2) is 11.3 Å². The molecule has 62 valence electrons. The topological polar surface area (TPSA) is 41.6 Å². The van der Waals surface area contributed by atoms with Crippen LogP contribution in [0.2, 0.25) is 0 Å².